The van der Waals surface area contributed by atoms with Gasteiger partial charge in [-0.3, -0.25) is 9.69 Å². The molecule has 0 atom stereocenters. The maximum atomic E-state index is 12.2. The molecule has 1 aromatic rings. The second-order valence-electron chi connectivity index (χ2n) is 5.81. The Labute approximate surface area is 134 Å². The number of piperidine rings is 1. The van der Waals surface area contributed by atoms with Crippen molar-refractivity contribution in [3.8, 4) is 5.75 Å². The monoisotopic (exact) mass is 328 g/mol. The molecule has 0 aliphatic carbocycles. The highest BCUT2D eigenvalue weighted by Gasteiger charge is 2.21. The van der Waals surface area contributed by atoms with Crippen molar-refractivity contribution in [3.63, 3.8) is 0 Å². The molecule has 2 rings (SSSR count). The summed E-state index contributed by atoms with van der Waals surface area (Å²) in [5.41, 5.74) is 0.913. The van der Waals surface area contributed by atoms with Gasteiger partial charge in [0.05, 0.1) is 12.6 Å². The van der Waals surface area contributed by atoms with Crippen LogP contribution in [-0.4, -0.2) is 60.2 Å². The van der Waals surface area contributed by atoms with Gasteiger partial charge in [0, 0.05) is 19.6 Å². The number of carbonyl (C=O) groups is 1. The minimum absolute atomic E-state index is 0.0389. The van der Waals surface area contributed by atoms with Gasteiger partial charge < -0.3 is 14.7 Å². The average Bonchev–Trinajstić information content (AvgIpc) is 2.49. The summed E-state index contributed by atoms with van der Waals surface area (Å²) >= 11 is 0. The van der Waals surface area contributed by atoms with E-state index in [0.29, 0.717) is 32.5 Å². The molecule has 0 radical (unpaired) electrons. The Balaban J connectivity index is 1.79. The van der Waals surface area contributed by atoms with Gasteiger partial charge in [-0.25, -0.2) is 0 Å². The van der Waals surface area contributed by atoms with E-state index in [1.807, 2.05) is 11.9 Å². The number of aliphatic hydroxyl groups excluding tert-OH is 1. The van der Waals surface area contributed by atoms with Gasteiger partial charge in [0.25, 0.3) is 0 Å². The van der Waals surface area contributed by atoms with Crippen LogP contribution in [0.2, 0.25) is 0 Å². The van der Waals surface area contributed by atoms with Gasteiger partial charge in [-0.15, -0.1) is 0 Å². The zero-order valence-electron chi connectivity index (χ0n) is 13.1. The van der Waals surface area contributed by atoms with Crippen LogP contribution in [0, 0.1) is 0 Å². The quantitative estimate of drug-likeness (QED) is 0.864. The van der Waals surface area contributed by atoms with Crippen molar-refractivity contribution in [1.29, 1.82) is 0 Å². The molecule has 1 aliphatic heterocycles. The maximum absolute atomic E-state index is 12.2. The Morgan fingerprint density at radius 1 is 1.35 bits per heavy atom. The second-order valence-corrected chi connectivity index (χ2v) is 5.81. The number of amides is 1. The molecule has 0 spiro atoms. The third-order valence-electron chi connectivity index (χ3n) is 3.82. The van der Waals surface area contributed by atoms with Crippen LogP contribution in [0.3, 0.4) is 0 Å². The first-order valence-electron chi connectivity index (χ1n) is 7.62. The predicted molar refractivity (Wildman–Crippen MR) is 81.2 cm³/mol. The Hall–Kier alpha value is -1.73. The topological polar surface area (TPSA) is 53.0 Å². The highest BCUT2D eigenvalue weighted by Crippen LogP contribution is 2.16. The SMILES string of the molecule is CN(CC(=O)N1CCC(O)CC1)Cc1ccc(OC(F)F)cc1. The molecule has 0 aromatic heterocycles. The number of ether oxygens (including phenoxy) is 1. The Morgan fingerprint density at radius 2 is 1.96 bits per heavy atom. The van der Waals surface area contributed by atoms with Gasteiger partial charge in [0.2, 0.25) is 5.91 Å². The molecule has 0 saturated carbocycles. The minimum atomic E-state index is -2.83. The summed E-state index contributed by atoms with van der Waals surface area (Å²) in [6.45, 7) is -0.826. The summed E-state index contributed by atoms with van der Waals surface area (Å²) in [5, 5.41) is 9.46. The Kier molecular flexibility index (Phi) is 6.29. The van der Waals surface area contributed by atoms with Crippen LogP contribution >= 0.6 is 0 Å². The van der Waals surface area contributed by atoms with Crippen LogP contribution < -0.4 is 4.74 Å². The van der Waals surface area contributed by atoms with Gasteiger partial charge in [0.15, 0.2) is 0 Å². The summed E-state index contributed by atoms with van der Waals surface area (Å²) in [5.74, 6) is 0.159. The summed E-state index contributed by atoms with van der Waals surface area (Å²) < 4.78 is 28.5. The highest BCUT2D eigenvalue weighted by atomic mass is 19.3. The number of carbonyl (C=O) groups excluding carboxylic acids is 1. The number of likely N-dealkylation sites (tertiary alicyclic amines) is 1. The van der Waals surface area contributed by atoms with Crippen LogP contribution in [0.25, 0.3) is 0 Å². The number of rotatable bonds is 6. The van der Waals surface area contributed by atoms with Crippen LogP contribution in [0.1, 0.15) is 18.4 Å². The molecule has 5 nitrogen and oxygen atoms in total. The van der Waals surface area contributed by atoms with Gasteiger partial charge >= 0.3 is 6.61 Å². The van der Waals surface area contributed by atoms with E-state index < -0.39 is 6.61 Å². The van der Waals surface area contributed by atoms with E-state index in [-0.39, 0.29) is 24.3 Å². The molecule has 1 fully saturated rings. The lowest BCUT2D eigenvalue weighted by atomic mass is 10.1. The number of hydrogen-bond acceptors (Lipinski definition) is 4. The molecule has 1 aliphatic rings. The van der Waals surface area contributed by atoms with Crippen molar-refractivity contribution in [3.05, 3.63) is 29.8 Å². The van der Waals surface area contributed by atoms with Gasteiger partial charge in [-0.1, -0.05) is 12.1 Å². The molecular weight excluding hydrogens is 306 g/mol. The first-order chi connectivity index (χ1) is 10.9. The van der Waals surface area contributed by atoms with E-state index in [1.54, 1.807) is 17.0 Å². The zero-order chi connectivity index (χ0) is 16.8. The first kappa shape index (κ1) is 17.6. The third-order valence-corrected chi connectivity index (χ3v) is 3.82. The molecular formula is C16H22F2N2O3. The molecule has 1 amide bonds. The van der Waals surface area contributed by atoms with E-state index in [0.717, 1.165) is 5.56 Å². The summed E-state index contributed by atoms with van der Waals surface area (Å²) in [6, 6.07) is 6.39. The van der Waals surface area contributed by atoms with Crippen LogP contribution in [0.15, 0.2) is 24.3 Å². The van der Waals surface area contributed by atoms with Crippen molar-refractivity contribution in [2.75, 3.05) is 26.7 Å². The van der Waals surface area contributed by atoms with E-state index in [2.05, 4.69) is 4.74 Å². The van der Waals surface area contributed by atoms with Crippen LogP contribution in [0.4, 0.5) is 8.78 Å². The lowest BCUT2D eigenvalue weighted by Gasteiger charge is -2.31. The molecule has 1 aromatic carbocycles. The average molecular weight is 328 g/mol. The number of benzene rings is 1. The molecule has 23 heavy (non-hydrogen) atoms. The van der Waals surface area contributed by atoms with Crippen molar-refractivity contribution < 1.29 is 23.4 Å². The van der Waals surface area contributed by atoms with E-state index in [1.165, 1.54) is 12.1 Å². The molecule has 1 saturated heterocycles. The first-order valence-corrected chi connectivity index (χ1v) is 7.62. The molecule has 0 bridgehead atoms. The smallest absolute Gasteiger partial charge is 0.387 e. The number of halogens is 2. The Bertz CT molecular complexity index is 503. The maximum Gasteiger partial charge on any atom is 0.387 e. The highest BCUT2D eigenvalue weighted by molar-refractivity contribution is 5.78. The van der Waals surface area contributed by atoms with Gasteiger partial charge in [-0.2, -0.15) is 8.78 Å². The summed E-state index contributed by atoms with van der Waals surface area (Å²) in [7, 11) is 1.83. The largest absolute Gasteiger partial charge is 0.435 e. The lowest BCUT2D eigenvalue weighted by molar-refractivity contribution is -0.134. The minimum Gasteiger partial charge on any atom is -0.435 e. The lowest BCUT2D eigenvalue weighted by Crippen LogP contribution is -2.44. The van der Waals surface area contributed by atoms with E-state index in [9.17, 15) is 18.7 Å². The molecule has 7 heteroatoms. The second kappa shape index (κ2) is 8.21. The molecule has 1 heterocycles. The van der Waals surface area contributed by atoms with Crippen molar-refractivity contribution in [2.24, 2.45) is 0 Å². The van der Waals surface area contributed by atoms with E-state index >= 15 is 0 Å². The van der Waals surface area contributed by atoms with E-state index in [4.69, 9.17) is 0 Å². The standard InChI is InChI=1S/C16H22F2N2O3/c1-19(11-15(22)20-8-6-13(21)7-9-20)10-12-2-4-14(5-3-12)23-16(17)18/h2-5,13,16,21H,6-11H2,1H3. The number of likely N-dealkylation sites (N-methyl/N-ethyl adjacent to an activating group) is 1. The Morgan fingerprint density at radius 3 is 2.52 bits per heavy atom. The number of alkyl halides is 2. The van der Waals surface area contributed by atoms with Gasteiger partial charge in [-0.05, 0) is 37.6 Å². The number of hydrogen-bond donors (Lipinski definition) is 1. The molecule has 1 N–H and O–H groups in total. The summed E-state index contributed by atoms with van der Waals surface area (Å²) in [6.07, 6.45) is 0.952. The predicted octanol–water partition coefficient (Wildman–Crippen LogP) is 1.70. The normalized spacial score (nSPS) is 16.2. The third kappa shape index (κ3) is 5.76. The van der Waals surface area contributed by atoms with Gasteiger partial charge in [0.1, 0.15) is 5.75 Å². The van der Waals surface area contributed by atoms with Crippen molar-refractivity contribution >= 4 is 5.91 Å². The summed E-state index contributed by atoms with van der Waals surface area (Å²) in [4.78, 5) is 15.8. The zero-order valence-corrected chi connectivity index (χ0v) is 13.1. The molecule has 0 unspecified atom stereocenters. The van der Waals surface area contributed by atoms with Crippen LogP contribution in [-0.2, 0) is 11.3 Å². The number of nitrogens with zero attached hydrogens (tertiary/aromatic N) is 2. The fourth-order valence-corrected chi connectivity index (χ4v) is 2.59. The number of aliphatic hydroxyl groups is 1. The van der Waals surface area contributed by atoms with Crippen LogP contribution in [0.5, 0.6) is 5.75 Å². The molecule has 128 valence electrons. The van der Waals surface area contributed by atoms with Crippen molar-refractivity contribution in [2.45, 2.75) is 32.1 Å². The fraction of sp³-hybridized carbons (Fsp3) is 0.562. The van der Waals surface area contributed by atoms with Crippen molar-refractivity contribution in [1.82, 2.24) is 9.80 Å². The fourth-order valence-electron chi connectivity index (χ4n) is 2.59.